The second kappa shape index (κ2) is 7.28. The molecule has 1 unspecified atom stereocenters. The molecule has 5 heteroatoms. The van der Waals surface area contributed by atoms with Crippen LogP contribution in [0.4, 0.5) is 5.69 Å². The van der Waals surface area contributed by atoms with Gasteiger partial charge in [0.05, 0.1) is 18.4 Å². The van der Waals surface area contributed by atoms with Crippen LogP contribution in [0, 0.1) is 0 Å². The predicted molar refractivity (Wildman–Crippen MR) is 82.0 cm³/mol. The summed E-state index contributed by atoms with van der Waals surface area (Å²) in [6, 6.07) is 5.45. The van der Waals surface area contributed by atoms with Gasteiger partial charge in [-0.05, 0) is 37.5 Å². The number of carbonyl (C=O) groups is 1. The molecule has 0 aliphatic heterocycles. The van der Waals surface area contributed by atoms with Crippen LogP contribution in [-0.2, 0) is 0 Å². The summed E-state index contributed by atoms with van der Waals surface area (Å²) < 4.78 is 5.14. The molecule has 0 saturated heterocycles. The molecule has 0 radical (unpaired) electrons. The number of methoxy groups -OCH3 is 1. The Hall–Kier alpha value is -1.36. The highest BCUT2D eigenvalue weighted by atomic mass is 32.2. The number of anilines is 1. The van der Waals surface area contributed by atoms with Gasteiger partial charge in [-0.1, -0.05) is 6.07 Å². The van der Waals surface area contributed by atoms with E-state index in [2.05, 4.69) is 6.26 Å². The number of nitrogens with zero attached hydrogens (tertiary/aromatic N) is 1. The maximum absolute atomic E-state index is 12.4. The topological polar surface area (TPSA) is 55.6 Å². The zero-order chi connectivity index (χ0) is 14.4. The van der Waals surface area contributed by atoms with Gasteiger partial charge in [0.15, 0.2) is 0 Å². The Morgan fingerprint density at radius 2 is 2.21 bits per heavy atom. The Balaban J connectivity index is 2.88. The lowest BCUT2D eigenvalue weighted by Gasteiger charge is -2.25. The van der Waals surface area contributed by atoms with Gasteiger partial charge in [-0.15, -0.1) is 0 Å². The molecule has 0 aliphatic rings. The van der Waals surface area contributed by atoms with Crippen molar-refractivity contribution in [2.75, 3.05) is 31.9 Å². The highest BCUT2D eigenvalue weighted by Crippen LogP contribution is 2.26. The molecule has 1 aromatic carbocycles. The number of nitrogen functional groups attached to an aromatic ring is 1. The minimum atomic E-state index is -0.0648. The van der Waals surface area contributed by atoms with Gasteiger partial charge in [-0.3, -0.25) is 4.79 Å². The molecule has 1 amide bonds. The van der Waals surface area contributed by atoms with Crippen LogP contribution < -0.4 is 10.5 Å². The van der Waals surface area contributed by atoms with Crippen molar-refractivity contribution in [2.45, 2.75) is 19.4 Å². The van der Waals surface area contributed by atoms with Crippen molar-refractivity contribution in [3.05, 3.63) is 23.8 Å². The average molecular weight is 282 g/mol. The third kappa shape index (κ3) is 3.80. The molecule has 0 fully saturated rings. The standard InChI is InChI=1S/C14H22N2O2S/c1-10(8-9-19-4)16(2)14(17)11-6-5-7-12(18-3)13(11)15/h5-7,10H,8-9,15H2,1-4H3. The number of amides is 1. The Morgan fingerprint density at radius 3 is 2.79 bits per heavy atom. The molecule has 1 aromatic rings. The predicted octanol–water partition coefficient (Wildman–Crippen LogP) is 2.49. The zero-order valence-electron chi connectivity index (χ0n) is 12.0. The van der Waals surface area contributed by atoms with E-state index in [-0.39, 0.29) is 11.9 Å². The quantitative estimate of drug-likeness (QED) is 0.814. The minimum Gasteiger partial charge on any atom is -0.495 e. The fourth-order valence-corrected chi connectivity index (χ4v) is 2.36. The van der Waals surface area contributed by atoms with E-state index in [4.69, 9.17) is 10.5 Å². The Morgan fingerprint density at radius 1 is 1.53 bits per heavy atom. The molecular formula is C14H22N2O2S. The summed E-state index contributed by atoms with van der Waals surface area (Å²) in [7, 11) is 3.36. The van der Waals surface area contributed by atoms with E-state index < -0.39 is 0 Å². The summed E-state index contributed by atoms with van der Waals surface area (Å²) >= 11 is 1.78. The molecular weight excluding hydrogens is 260 g/mol. The second-order valence-electron chi connectivity index (χ2n) is 4.47. The van der Waals surface area contributed by atoms with Crippen molar-refractivity contribution in [1.29, 1.82) is 0 Å². The first kappa shape index (κ1) is 15.7. The highest BCUT2D eigenvalue weighted by molar-refractivity contribution is 7.98. The molecule has 19 heavy (non-hydrogen) atoms. The Kier molecular flexibility index (Phi) is 6.02. The molecule has 0 aliphatic carbocycles. The molecule has 0 saturated carbocycles. The number of para-hydroxylation sites is 1. The molecule has 1 atom stereocenters. The van der Waals surface area contributed by atoms with E-state index in [1.54, 1.807) is 42.0 Å². The fraction of sp³-hybridized carbons (Fsp3) is 0.500. The van der Waals surface area contributed by atoms with Crippen LogP contribution in [0.15, 0.2) is 18.2 Å². The maximum atomic E-state index is 12.4. The van der Waals surface area contributed by atoms with Gasteiger partial charge in [0.1, 0.15) is 5.75 Å². The van der Waals surface area contributed by atoms with Gasteiger partial charge in [0, 0.05) is 13.1 Å². The number of hydrogen-bond acceptors (Lipinski definition) is 4. The lowest BCUT2D eigenvalue weighted by atomic mass is 10.1. The molecule has 0 spiro atoms. The van der Waals surface area contributed by atoms with E-state index in [0.717, 1.165) is 12.2 Å². The van der Waals surface area contributed by atoms with Crippen molar-refractivity contribution < 1.29 is 9.53 Å². The van der Waals surface area contributed by atoms with Gasteiger partial charge in [-0.25, -0.2) is 0 Å². The van der Waals surface area contributed by atoms with Gasteiger partial charge in [-0.2, -0.15) is 11.8 Å². The minimum absolute atomic E-state index is 0.0648. The summed E-state index contributed by atoms with van der Waals surface area (Å²) in [5.41, 5.74) is 6.86. The molecule has 0 bridgehead atoms. The van der Waals surface area contributed by atoms with Crippen LogP contribution >= 0.6 is 11.8 Å². The third-order valence-electron chi connectivity index (χ3n) is 3.24. The number of carbonyl (C=O) groups excluding carboxylic acids is 1. The van der Waals surface area contributed by atoms with E-state index in [0.29, 0.717) is 17.0 Å². The van der Waals surface area contributed by atoms with E-state index >= 15 is 0 Å². The van der Waals surface area contributed by atoms with Crippen molar-refractivity contribution >= 4 is 23.4 Å². The second-order valence-corrected chi connectivity index (χ2v) is 5.45. The van der Waals surface area contributed by atoms with Crippen molar-refractivity contribution in [2.24, 2.45) is 0 Å². The largest absolute Gasteiger partial charge is 0.495 e. The molecule has 1 rings (SSSR count). The van der Waals surface area contributed by atoms with E-state index in [1.165, 1.54) is 0 Å². The maximum Gasteiger partial charge on any atom is 0.256 e. The summed E-state index contributed by atoms with van der Waals surface area (Å²) in [5, 5.41) is 0. The first-order valence-electron chi connectivity index (χ1n) is 6.21. The third-order valence-corrected chi connectivity index (χ3v) is 3.88. The molecule has 0 heterocycles. The highest BCUT2D eigenvalue weighted by Gasteiger charge is 2.20. The van der Waals surface area contributed by atoms with Crippen LogP contribution in [0.1, 0.15) is 23.7 Å². The number of nitrogens with two attached hydrogens (primary N) is 1. The van der Waals surface area contributed by atoms with Crippen LogP contribution in [0.3, 0.4) is 0 Å². The van der Waals surface area contributed by atoms with Gasteiger partial charge < -0.3 is 15.4 Å². The molecule has 2 N–H and O–H groups in total. The number of thioether (sulfide) groups is 1. The fourth-order valence-electron chi connectivity index (χ4n) is 1.78. The molecule has 106 valence electrons. The van der Waals surface area contributed by atoms with Crippen LogP contribution in [-0.4, -0.2) is 43.0 Å². The number of benzene rings is 1. The first-order valence-corrected chi connectivity index (χ1v) is 7.60. The van der Waals surface area contributed by atoms with Crippen LogP contribution in [0.2, 0.25) is 0 Å². The van der Waals surface area contributed by atoms with Crippen molar-refractivity contribution in [1.82, 2.24) is 4.90 Å². The lowest BCUT2D eigenvalue weighted by Crippen LogP contribution is -2.35. The number of hydrogen-bond donors (Lipinski definition) is 1. The van der Waals surface area contributed by atoms with E-state index in [1.807, 2.05) is 14.0 Å². The summed E-state index contributed by atoms with van der Waals surface area (Å²) in [5.74, 6) is 1.51. The van der Waals surface area contributed by atoms with Crippen LogP contribution in [0.25, 0.3) is 0 Å². The summed E-state index contributed by atoms with van der Waals surface area (Å²) in [6.45, 7) is 2.05. The van der Waals surface area contributed by atoms with Gasteiger partial charge >= 0.3 is 0 Å². The molecule has 4 nitrogen and oxygen atoms in total. The summed E-state index contributed by atoms with van der Waals surface area (Å²) in [4.78, 5) is 14.2. The summed E-state index contributed by atoms with van der Waals surface area (Å²) in [6.07, 6.45) is 3.03. The SMILES string of the molecule is COc1cccc(C(=O)N(C)C(C)CCSC)c1N. The Labute approximate surface area is 119 Å². The smallest absolute Gasteiger partial charge is 0.256 e. The van der Waals surface area contributed by atoms with Crippen molar-refractivity contribution in [3.8, 4) is 5.75 Å². The van der Waals surface area contributed by atoms with Gasteiger partial charge in [0.2, 0.25) is 0 Å². The normalized spacial score (nSPS) is 12.0. The Bertz CT molecular complexity index is 437. The van der Waals surface area contributed by atoms with Crippen LogP contribution in [0.5, 0.6) is 5.75 Å². The average Bonchev–Trinajstić information content (AvgIpc) is 2.43. The first-order chi connectivity index (χ1) is 9.02. The lowest BCUT2D eigenvalue weighted by molar-refractivity contribution is 0.0742. The number of rotatable bonds is 6. The van der Waals surface area contributed by atoms with Crippen molar-refractivity contribution in [3.63, 3.8) is 0 Å². The monoisotopic (exact) mass is 282 g/mol. The number of ether oxygens (including phenoxy) is 1. The van der Waals surface area contributed by atoms with E-state index in [9.17, 15) is 4.79 Å². The zero-order valence-corrected chi connectivity index (χ0v) is 12.8. The van der Waals surface area contributed by atoms with Gasteiger partial charge in [0.25, 0.3) is 5.91 Å². The molecule has 0 aromatic heterocycles.